The van der Waals surface area contributed by atoms with Crippen LogP contribution in [-0.4, -0.2) is 23.9 Å². The Hall–Kier alpha value is -1.26. The highest BCUT2D eigenvalue weighted by Crippen LogP contribution is 2.20. The van der Waals surface area contributed by atoms with Gasteiger partial charge >= 0.3 is 0 Å². The standard InChI is InChI=1S/C16H19BrN2O4S2/c1-12-9-15(7-8-16(12)17)25(22,23)19-10-13-3-5-14(6-4-13)11-24(20,21)18-2/h3-9,18-19H,10-11H2,1-2H3. The molecule has 2 rings (SSSR count). The molecule has 0 radical (unpaired) electrons. The third kappa shape index (κ3) is 5.61. The topological polar surface area (TPSA) is 92.3 Å². The summed E-state index contributed by atoms with van der Waals surface area (Å²) >= 11 is 3.34. The zero-order valence-electron chi connectivity index (χ0n) is 13.8. The fourth-order valence-corrected chi connectivity index (χ4v) is 4.22. The average Bonchev–Trinajstić information content (AvgIpc) is 2.56. The van der Waals surface area contributed by atoms with Crippen molar-refractivity contribution < 1.29 is 16.8 Å². The van der Waals surface area contributed by atoms with Gasteiger partial charge in [0, 0.05) is 11.0 Å². The Morgan fingerprint density at radius 1 is 0.960 bits per heavy atom. The molecule has 9 heteroatoms. The van der Waals surface area contributed by atoms with Crippen LogP contribution >= 0.6 is 15.9 Å². The van der Waals surface area contributed by atoms with Crippen molar-refractivity contribution in [3.8, 4) is 0 Å². The molecule has 25 heavy (non-hydrogen) atoms. The van der Waals surface area contributed by atoms with Gasteiger partial charge in [-0.3, -0.25) is 0 Å². The molecule has 2 aromatic carbocycles. The minimum atomic E-state index is -3.62. The summed E-state index contributed by atoms with van der Waals surface area (Å²) in [5.41, 5.74) is 2.20. The van der Waals surface area contributed by atoms with Crippen molar-refractivity contribution in [1.82, 2.24) is 9.44 Å². The monoisotopic (exact) mass is 446 g/mol. The van der Waals surface area contributed by atoms with E-state index >= 15 is 0 Å². The molecule has 0 saturated carbocycles. The molecule has 0 fully saturated rings. The van der Waals surface area contributed by atoms with Crippen LogP contribution in [0.4, 0.5) is 0 Å². The molecular weight excluding hydrogens is 428 g/mol. The third-order valence-corrected chi connectivity index (χ3v) is 7.22. The Bertz CT molecular complexity index is 956. The van der Waals surface area contributed by atoms with Crippen molar-refractivity contribution >= 4 is 36.0 Å². The number of sulfonamides is 2. The molecule has 0 amide bonds. The summed E-state index contributed by atoms with van der Waals surface area (Å²) in [4.78, 5) is 0.199. The van der Waals surface area contributed by atoms with Crippen LogP contribution in [0, 0.1) is 6.92 Å². The Morgan fingerprint density at radius 3 is 2.12 bits per heavy atom. The maximum atomic E-state index is 12.3. The number of hydrogen-bond donors (Lipinski definition) is 2. The van der Waals surface area contributed by atoms with Gasteiger partial charge in [-0.1, -0.05) is 40.2 Å². The van der Waals surface area contributed by atoms with Crippen molar-refractivity contribution in [2.75, 3.05) is 7.05 Å². The summed E-state index contributed by atoms with van der Waals surface area (Å²) in [6, 6.07) is 11.6. The van der Waals surface area contributed by atoms with Gasteiger partial charge in [-0.25, -0.2) is 26.3 Å². The van der Waals surface area contributed by atoms with Crippen molar-refractivity contribution in [3.05, 3.63) is 63.6 Å². The van der Waals surface area contributed by atoms with Crippen LogP contribution in [0.5, 0.6) is 0 Å². The molecule has 0 aliphatic heterocycles. The van der Waals surface area contributed by atoms with E-state index in [1.54, 1.807) is 36.4 Å². The van der Waals surface area contributed by atoms with Gasteiger partial charge in [0.15, 0.2) is 0 Å². The van der Waals surface area contributed by atoms with E-state index in [4.69, 9.17) is 0 Å². The van der Waals surface area contributed by atoms with Gasteiger partial charge in [-0.15, -0.1) is 0 Å². The van der Waals surface area contributed by atoms with Gasteiger partial charge in [0.05, 0.1) is 10.6 Å². The Morgan fingerprint density at radius 2 is 1.56 bits per heavy atom. The predicted octanol–water partition coefficient (Wildman–Crippen LogP) is 2.29. The first-order valence-electron chi connectivity index (χ1n) is 7.38. The molecular formula is C16H19BrN2O4S2. The molecule has 0 aliphatic rings. The largest absolute Gasteiger partial charge is 0.240 e. The van der Waals surface area contributed by atoms with Gasteiger partial charge < -0.3 is 0 Å². The summed E-state index contributed by atoms with van der Waals surface area (Å²) in [7, 11) is -5.58. The molecule has 0 atom stereocenters. The highest BCUT2D eigenvalue weighted by Gasteiger charge is 2.15. The maximum Gasteiger partial charge on any atom is 0.240 e. The third-order valence-electron chi connectivity index (χ3n) is 3.60. The fraction of sp³-hybridized carbons (Fsp3) is 0.250. The first kappa shape index (κ1) is 20.1. The first-order chi connectivity index (χ1) is 11.6. The van der Waals surface area contributed by atoms with Gasteiger partial charge in [0.1, 0.15) is 0 Å². The minimum Gasteiger partial charge on any atom is -0.218 e. The minimum absolute atomic E-state index is 0.117. The van der Waals surface area contributed by atoms with Crippen molar-refractivity contribution in [2.45, 2.75) is 24.1 Å². The van der Waals surface area contributed by atoms with Crippen LogP contribution in [0.1, 0.15) is 16.7 Å². The predicted molar refractivity (Wildman–Crippen MR) is 101 cm³/mol. The number of benzene rings is 2. The smallest absolute Gasteiger partial charge is 0.218 e. The molecule has 0 heterocycles. The number of nitrogens with one attached hydrogen (secondary N) is 2. The van der Waals surface area contributed by atoms with Gasteiger partial charge in [-0.2, -0.15) is 0 Å². The van der Waals surface area contributed by atoms with E-state index < -0.39 is 20.0 Å². The van der Waals surface area contributed by atoms with Gasteiger partial charge in [0.25, 0.3) is 0 Å². The molecule has 2 aromatic rings. The van der Waals surface area contributed by atoms with Crippen LogP contribution in [0.3, 0.4) is 0 Å². The number of rotatable bonds is 7. The van der Waals surface area contributed by atoms with Crippen molar-refractivity contribution in [1.29, 1.82) is 0 Å². The lowest BCUT2D eigenvalue weighted by Gasteiger charge is -2.09. The van der Waals surface area contributed by atoms with E-state index in [2.05, 4.69) is 25.4 Å². The Labute approximate surface area is 156 Å². The van der Waals surface area contributed by atoms with Crippen LogP contribution in [0.15, 0.2) is 51.8 Å². The molecule has 0 unspecified atom stereocenters. The Kier molecular flexibility index (Phi) is 6.39. The van der Waals surface area contributed by atoms with Crippen LogP contribution in [0.2, 0.25) is 0 Å². The second-order valence-electron chi connectivity index (χ2n) is 5.52. The van der Waals surface area contributed by atoms with E-state index in [0.717, 1.165) is 15.6 Å². The number of aryl methyl sites for hydroxylation is 1. The Balaban J connectivity index is 2.06. The van der Waals surface area contributed by atoms with E-state index in [9.17, 15) is 16.8 Å². The SMILES string of the molecule is CNS(=O)(=O)Cc1ccc(CNS(=O)(=O)c2ccc(Br)c(C)c2)cc1. The van der Waals surface area contributed by atoms with Crippen molar-refractivity contribution in [3.63, 3.8) is 0 Å². The second-order valence-corrected chi connectivity index (χ2v) is 10.1. The van der Waals surface area contributed by atoms with Gasteiger partial charge in [-0.05, 0) is 48.9 Å². The lowest BCUT2D eigenvalue weighted by molar-refractivity contribution is 0.581. The molecule has 2 N–H and O–H groups in total. The van der Waals surface area contributed by atoms with E-state index in [1.165, 1.54) is 13.1 Å². The van der Waals surface area contributed by atoms with Crippen LogP contribution in [-0.2, 0) is 32.3 Å². The zero-order valence-corrected chi connectivity index (χ0v) is 17.0. The number of hydrogen-bond acceptors (Lipinski definition) is 4. The molecule has 0 saturated heterocycles. The lowest BCUT2D eigenvalue weighted by Crippen LogP contribution is -2.23. The normalized spacial score (nSPS) is 12.3. The second kappa shape index (κ2) is 7.96. The number of halogens is 1. The maximum absolute atomic E-state index is 12.3. The highest BCUT2D eigenvalue weighted by atomic mass is 79.9. The first-order valence-corrected chi connectivity index (χ1v) is 11.3. The van der Waals surface area contributed by atoms with Gasteiger partial charge in [0.2, 0.25) is 20.0 Å². The molecule has 6 nitrogen and oxygen atoms in total. The van der Waals surface area contributed by atoms with E-state index in [1.807, 2.05) is 6.92 Å². The molecule has 136 valence electrons. The van der Waals surface area contributed by atoms with Crippen LogP contribution in [0.25, 0.3) is 0 Å². The molecule has 0 bridgehead atoms. The summed E-state index contributed by atoms with van der Waals surface area (Å²) < 4.78 is 53.4. The van der Waals surface area contributed by atoms with E-state index in [-0.39, 0.29) is 17.2 Å². The quantitative estimate of drug-likeness (QED) is 0.681. The average molecular weight is 447 g/mol. The summed E-state index contributed by atoms with van der Waals surface area (Å²) in [5.74, 6) is -0.117. The van der Waals surface area contributed by atoms with Crippen LogP contribution < -0.4 is 9.44 Å². The van der Waals surface area contributed by atoms with E-state index in [0.29, 0.717) is 5.56 Å². The summed E-state index contributed by atoms with van der Waals surface area (Å²) in [5, 5.41) is 0. The molecule has 0 aliphatic carbocycles. The highest BCUT2D eigenvalue weighted by molar-refractivity contribution is 9.10. The molecule has 0 aromatic heterocycles. The molecule has 0 spiro atoms. The summed E-state index contributed by atoms with van der Waals surface area (Å²) in [6.07, 6.45) is 0. The fourth-order valence-electron chi connectivity index (χ4n) is 2.09. The van der Waals surface area contributed by atoms with Crippen molar-refractivity contribution in [2.24, 2.45) is 0 Å². The zero-order chi connectivity index (χ0) is 18.7. The lowest BCUT2D eigenvalue weighted by atomic mass is 10.1. The summed E-state index contributed by atoms with van der Waals surface area (Å²) in [6.45, 7) is 1.94.